The smallest absolute Gasteiger partial charge is 0.248 e. The van der Waals surface area contributed by atoms with Gasteiger partial charge in [0.15, 0.2) is 0 Å². The van der Waals surface area contributed by atoms with Crippen LogP contribution in [0.4, 0.5) is 11.4 Å². The number of nitrogens with one attached hydrogen (secondary N) is 2. The normalized spacial score (nSPS) is 14.2. The Balaban J connectivity index is 1.26. The molecule has 2 heterocycles. The summed E-state index contributed by atoms with van der Waals surface area (Å²) in [4.78, 5) is 27.8. The summed E-state index contributed by atoms with van der Waals surface area (Å²) in [5.41, 5.74) is 2.11. The third-order valence-corrected chi connectivity index (χ3v) is 4.69. The molecule has 2 N–H and O–H groups in total. The summed E-state index contributed by atoms with van der Waals surface area (Å²) in [6.45, 7) is 3.09. The van der Waals surface area contributed by atoms with Gasteiger partial charge in [-0.2, -0.15) is 4.80 Å². The van der Waals surface area contributed by atoms with Crippen LogP contribution in [-0.4, -0.2) is 69.8 Å². The van der Waals surface area contributed by atoms with Gasteiger partial charge in [-0.15, -0.1) is 10.2 Å². The molecule has 10 nitrogen and oxygen atoms in total. The molecule has 0 radical (unpaired) electrons. The van der Waals surface area contributed by atoms with Crippen LogP contribution in [0.3, 0.4) is 0 Å². The SMILES string of the molecule is O=C(CN1CCOCC1)Nc1ccc(NC(=O)Cn2nnc(-c3ccccc3)n2)cc1. The number of hydrogen-bond donors (Lipinski definition) is 2. The van der Waals surface area contributed by atoms with E-state index in [0.717, 1.165) is 18.7 Å². The second kappa shape index (κ2) is 9.92. The molecule has 1 aliphatic heterocycles. The maximum absolute atomic E-state index is 12.3. The van der Waals surface area contributed by atoms with Crippen LogP contribution in [0, 0.1) is 0 Å². The van der Waals surface area contributed by atoms with Gasteiger partial charge in [-0.25, -0.2) is 0 Å². The Labute approximate surface area is 179 Å². The number of morpholine rings is 1. The highest BCUT2D eigenvalue weighted by molar-refractivity contribution is 5.93. The Kier molecular flexibility index (Phi) is 6.60. The highest BCUT2D eigenvalue weighted by atomic mass is 16.5. The van der Waals surface area contributed by atoms with Crippen molar-refractivity contribution in [2.45, 2.75) is 6.54 Å². The number of anilines is 2. The predicted octanol–water partition coefficient (Wildman–Crippen LogP) is 1.25. The molecule has 31 heavy (non-hydrogen) atoms. The van der Waals surface area contributed by atoms with Gasteiger partial charge in [0.25, 0.3) is 0 Å². The molecule has 10 heteroatoms. The minimum atomic E-state index is -0.277. The van der Waals surface area contributed by atoms with Crippen LogP contribution in [0.5, 0.6) is 0 Å². The van der Waals surface area contributed by atoms with E-state index in [9.17, 15) is 9.59 Å². The van der Waals surface area contributed by atoms with Crippen molar-refractivity contribution in [1.82, 2.24) is 25.1 Å². The minimum absolute atomic E-state index is 0.0577. The summed E-state index contributed by atoms with van der Waals surface area (Å²) in [5, 5.41) is 17.8. The number of rotatable bonds is 7. The topological polar surface area (TPSA) is 114 Å². The predicted molar refractivity (Wildman–Crippen MR) is 114 cm³/mol. The molecule has 0 saturated carbocycles. The number of hydrogen-bond acceptors (Lipinski definition) is 7. The molecule has 1 aromatic heterocycles. The van der Waals surface area contributed by atoms with Crippen LogP contribution >= 0.6 is 0 Å². The zero-order valence-electron chi connectivity index (χ0n) is 16.9. The van der Waals surface area contributed by atoms with Crippen molar-refractivity contribution in [1.29, 1.82) is 0 Å². The third kappa shape index (κ3) is 5.93. The van der Waals surface area contributed by atoms with E-state index in [1.165, 1.54) is 4.80 Å². The second-order valence-electron chi connectivity index (χ2n) is 7.07. The van der Waals surface area contributed by atoms with Crippen molar-refractivity contribution in [2.75, 3.05) is 43.5 Å². The Bertz CT molecular complexity index is 1010. The molecular weight excluding hydrogens is 398 g/mol. The summed E-state index contributed by atoms with van der Waals surface area (Å²) in [5.74, 6) is 0.108. The van der Waals surface area contributed by atoms with E-state index in [1.807, 2.05) is 30.3 Å². The van der Waals surface area contributed by atoms with Gasteiger partial charge in [0, 0.05) is 30.0 Å². The standard InChI is InChI=1S/C21H23N7O3/c29-19(14-27-10-12-31-13-11-27)22-17-6-8-18(9-7-17)23-20(30)15-28-25-21(24-26-28)16-4-2-1-3-5-16/h1-9H,10-15H2,(H,22,29)(H,23,30). The first-order valence-corrected chi connectivity index (χ1v) is 9.99. The first kappa shape index (κ1) is 20.6. The lowest BCUT2D eigenvalue weighted by Crippen LogP contribution is -2.41. The Morgan fingerprint density at radius 2 is 1.48 bits per heavy atom. The van der Waals surface area contributed by atoms with Crippen molar-refractivity contribution in [2.24, 2.45) is 0 Å². The molecular formula is C21H23N7O3. The van der Waals surface area contributed by atoms with E-state index >= 15 is 0 Å². The molecule has 1 aliphatic rings. The largest absolute Gasteiger partial charge is 0.379 e. The van der Waals surface area contributed by atoms with Gasteiger partial charge in [-0.05, 0) is 29.5 Å². The Hall–Kier alpha value is -3.63. The minimum Gasteiger partial charge on any atom is -0.379 e. The molecule has 1 fully saturated rings. The molecule has 2 amide bonds. The maximum Gasteiger partial charge on any atom is 0.248 e. The van der Waals surface area contributed by atoms with E-state index in [0.29, 0.717) is 37.0 Å². The van der Waals surface area contributed by atoms with Gasteiger partial charge in [0.1, 0.15) is 6.54 Å². The molecule has 0 aliphatic carbocycles. The fourth-order valence-electron chi connectivity index (χ4n) is 3.14. The quantitative estimate of drug-likeness (QED) is 0.590. The Morgan fingerprint density at radius 1 is 0.871 bits per heavy atom. The van der Waals surface area contributed by atoms with Crippen LogP contribution in [0.25, 0.3) is 11.4 Å². The molecule has 0 spiro atoms. The van der Waals surface area contributed by atoms with Crippen LogP contribution < -0.4 is 10.6 Å². The van der Waals surface area contributed by atoms with Gasteiger partial charge in [0.2, 0.25) is 17.6 Å². The van der Waals surface area contributed by atoms with E-state index in [1.54, 1.807) is 24.3 Å². The van der Waals surface area contributed by atoms with E-state index in [-0.39, 0.29) is 18.4 Å². The summed E-state index contributed by atoms with van der Waals surface area (Å²) >= 11 is 0. The van der Waals surface area contributed by atoms with Crippen molar-refractivity contribution in [3.8, 4) is 11.4 Å². The number of amides is 2. The zero-order chi connectivity index (χ0) is 21.5. The molecule has 160 valence electrons. The number of tetrazole rings is 1. The lowest BCUT2D eigenvalue weighted by Gasteiger charge is -2.25. The highest BCUT2D eigenvalue weighted by Crippen LogP contribution is 2.14. The number of carbonyl (C=O) groups is 2. The zero-order valence-corrected chi connectivity index (χ0v) is 16.9. The Morgan fingerprint density at radius 3 is 2.13 bits per heavy atom. The lowest BCUT2D eigenvalue weighted by atomic mass is 10.2. The van der Waals surface area contributed by atoms with Crippen molar-refractivity contribution < 1.29 is 14.3 Å². The van der Waals surface area contributed by atoms with Crippen molar-refractivity contribution in [3.05, 3.63) is 54.6 Å². The van der Waals surface area contributed by atoms with Gasteiger partial charge >= 0.3 is 0 Å². The maximum atomic E-state index is 12.3. The first-order valence-electron chi connectivity index (χ1n) is 9.99. The summed E-state index contributed by atoms with van der Waals surface area (Å²) in [7, 11) is 0. The van der Waals surface area contributed by atoms with Gasteiger partial charge in [-0.1, -0.05) is 30.3 Å². The summed E-state index contributed by atoms with van der Waals surface area (Å²) < 4.78 is 5.28. The molecule has 2 aromatic carbocycles. The number of benzene rings is 2. The number of aromatic nitrogens is 4. The first-order chi connectivity index (χ1) is 15.2. The fraction of sp³-hybridized carbons (Fsp3) is 0.286. The van der Waals surface area contributed by atoms with E-state index in [2.05, 4.69) is 30.9 Å². The lowest BCUT2D eigenvalue weighted by molar-refractivity contribution is -0.118. The highest BCUT2D eigenvalue weighted by Gasteiger charge is 2.14. The van der Waals surface area contributed by atoms with Crippen molar-refractivity contribution >= 4 is 23.2 Å². The van der Waals surface area contributed by atoms with Crippen LogP contribution in [0.2, 0.25) is 0 Å². The molecule has 3 aromatic rings. The molecule has 1 saturated heterocycles. The average Bonchev–Trinajstić information content (AvgIpc) is 3.25. The molecule has 0 unspecified atom stereocenters. The molecule has 4 rings (SSSR count). The van der Waals surface area contributed by atoms with Crippen molar-refractivity contribution in [3.63, 3.8) is 0 Å². The monoisotopic (exact) mass is 421 g/mol. The molecule has 0 bridgehead atoms. The summed E-state index contributed by atoms with van der Waals surface area (Å²) in [6, 6.07) is 16.4. The van der Waals surface area contributed by atoms with Crippen LogP contribution in [-0.2, 0) is 20.9 Å². The number of ether oxygens (including phenoxy) is 1. The van der Waals surface area contributed by atoms with E-state index in [4.69, 9.17) is 4.74 Å². The van der Waals surface area contributed by atoms with Crippen LogP contribution in [0.1, 0.15) is 0 Å². The number of carbonyl (C=O) groups excluding carboxylic acids is 2. The van der Waals surface area contributed by atoms with Gasteiger partial charge in [0.05, 0.1) is 19.8 Å². The average molecular weight is 421 g/mol. The number of nitrogens with zero attached hydrogens (tertiary/aromatic N) is 5. The molecule has 0 atom stereocenters. The van der Waals surface area contributed by atoms with Gasteiger partial charge in [-0.3, -0.25) is 14.5 Å². The second-order valence-corrected chi connectivity index (χ2v) is 7.07. The summed E-state index contributed by atoms with van der Waals surface area (Å²) in [6.07, 6.45) is 0. The third-order valence-electron chi connectivity index (χ3n) is 4.69. The fourth-order valence-corrected chi connectivity index (χ4v) is 3.14. The van der Waals surface area contributed by atoms with Crippen LogP contribution in [0.15, 0.2) is 54.6 Å². The van der Waals surface area contributed by atoms with E-state index < -0.39 is 0 Å². The van der Waals surface area contributed by atoms with Gasteiger partial charge < -0.3 is 15.4 Å².